The zero-order chi connectivity index (χ0) is 15.4. The van der Waals surface area contributed by atoms with Gasteiger partial charge >= 0.3 is 0 Å². The van der Waals surface area contributed by atoms with Gasteiger partial charge in [0.05, 0.1) is 7.11 Å². The molecule has 0 radical (unpaired) electrons. The molecule has 0 N–H and O–H groups in total. The van der Waals surface area contributed by atoms with Crippen molar-refractivity contribution in [3.05, 3.63) is 89.2 Å². The van der Waals surface area contributed by atoms with Crippen LogP contribution in [0, 0.1) is 6.92 Å². The number of rotatable bonds is 5. The van der Waals surface area contributed by atoms with Gasteiger partial charge in [-0.3, -0.25) is 0 Å². The number of ether oxygens (including phenoxy) is 1. The molecule has 0 aliphatic carbocycles. The van der Waals surface area contributed by atoms with Crippen LogP contribution in [-0.2, 0) is 13.0 Å². The molecular formula is C20H21NO. The van der Waals surface area contributed by atoms with Gasteiger partial charge in [0.2, 0.25) is 0 Å². The van der Waals surface area contributed by atoms with Crippen LogP contribution in [0.5, 0.6) is 5.75 Å². The van der Waals surface area contributed by atoms with Crippen molar-refractivity contribution in [2.45, 2.75) is 19.9 Å². The van der Waals surface area contributed by atoms with Crippen LogP contribution in [0.1, 0.15) is 22.5 Å². The summed E-state index contributed by atoms with van der Waals surface area (Å²) >= 11 is 0. The molecular weight excluding hydrogens is 270 g/mol. The molecule has 3 rings (SSSR count). The second-order valence-electron chi connectivity index (χ2n) is 5.56. The summed E-state index contributed by atoms with van der Waals surface area (Å²) in [5.74, 6) is 0.900. The second kappa shape index (κ2) is 6.52. The number of hydrogen-bond donors (Lipinski definition) is 0. The first-order chi connectivity index (χ1) is 10.8. The fourth-order valence-corrected chi connectivity index (χ4v) is 2.72. The van der Waals surface area contributed by atoms with Gasteiger partial charge in [0.25, 0.3) is 0 Å². The van der Waals surface area contributed by atoms with E-state index >= 15 is 0 Å². The molecule has 112 valence electrons. The van der Waals surface area contributed by atoms with Crippen LogP contribution in [0.25, 0.3) is 0 Å². The van der Waals surface area contributed by atoms with Crippen LogP contribution < -0.4 is 4.74 Å². The number of nitrogens with zero attached hydrogens (tertiary/aromatic N) is 1. The highest BCUT2D eigenvalue weighted by Gasteiger charge is 2.07. The molecule has 0 saturated carbocycles. The van der Waals surface area contributed by atoms with Crippen LogP contribution in [0.15, 0.2) is 66.7 Å². The molecule has 2 heteroatoms. The van der Waals surface area contributed by atoms with Crippen molar-refractivity contribution in [1.29, 1.82) is 0 Å². The standard InChI is InChI=1S/C20H21NO/c1-16-8-11-19(14-17-6-4-3-5-7-17)21(16)15-18-9-12-20(22-2)13-10-18/h3-13H,14-15H2,1-2H3. The molecule has 0 aliphatic heterocycles. The van der Waals surface area contributed by atoms with Crippen LogP contribution in [0.2, 0.25) is 0 Å². The van der Waals surface area contributed by atoms with Crippen molar-refractivity contribution >= 4 is 0 Å². The highest BCUT2D eigenvalue weighted by Crippen LogP contribution is 2.18. The van der Waals surface area contributed by atoms with E-state index in [1.165, 1.54) is 22.5 Å². The number of methoxy groups -OCH3 is 1. The van der Waals surface area contributed by atoms with Crippen LogP contribution in [-0.4, -0.2) is 11.7 Å². The Balaban J connectivity index is 1.82. The summed E-state index contributed by atoms with van der Waals surface area (Å²) in [5.41, 5.74) is 5.27. The van der Waals surface area contributed by atoms with E-state index in [0.717, 1.165) is 18.7 Å². The van der Waals surface area contributed by atoms with E-state index in [2.05, 4.69) is 66.1 Å². The molecule has 0 atom stereocenters. The normalized spacial score (nSPS) is 10.6. The van der Waals surface area contributed by atoms with Gasteiger partial charge in [0.1, 0.15) is 5.75 Å². The minimum absolute atomic E-state index is 0.894. The molecule has 0 fully saturated rings. The average molecular weight is 291 g/mol. The van der Waals surface area contributed by atoms with Crippen molar-refractivity contribution in [2.75, 3.05) is 7.11 Å². The molecule has 0 saturated heterocycles. The maximum atomic E-state index is 5.22. The van der Waals surface area contributed by atoms with E-state index in [9.17, 15) is 0 Å². The van der Waals surface area contributed by atoms with E-state index < -0.39 is 0 Å². The summed E-state index contributed by atoms with van der Waals surface area (Å²) in [4.78, 5) is 0. The molecule has 3 aromatic rings. The molecule has 0 bridgehead atoms. The third-order valence-corrected chi connectivity index (χ3v) is 4.02. The Morgan fingerprint density at radius 1 is 0.818 bits per heavy atom. The number of aryl methyl sites for hydroxylation is 1. The summed E-state index contributed by atoms with van der Waals surface area (Å²) in [6.07, 6.45) is 0.963. The molecule has 2 nitrogen and oxygen atoms in total. The molecule has 0 unspecified atom stereocenters. The Morgan fingerprint density at radius 2 is 1.55 bits per heavy atom. The van der Waals surface area contributed by atoms with Gasteiger partial charge in [-0.1, -0.05) is 42.5 Å². The number of hydrogen-bond acceptors (Lipinski definition) is 1. The zero-order valence-electron chi connectivity index (χ0n) is 13.1. The quantitative estimate of drug-likeness (QED) is 0.677. The van der Waals surface area contributed by atoms with E-state index in [-0.39, 0.29) is 0 Å². The Labute approximate surface area is 132 Å². The van der Waals surface area contributed by atoms with Gasteiger partial charge < -0.3 is 9.30 Å². The van der Waals surface area contributed by atoms with Gasteiger partial charge in [-0.25, -0.2) is 0 Å². The fourth-order valence-electron chi connectivity index (χ4n) is 2.72. The molecule has 0 spiro atoms. The van der Waals surface area contributed by atoms with Gasteiger partial charge in [-0.15, -0.1) is 0 Å². The first kappa shape index (κ1) is 14.5. The van der Waals surface area contributed by atoms with Crippen molar-refractivity contribution in [3.8, 4) is 5.75 Å². The lowest BCUT2D eigenvalue weighted by Crippen LogP contribution is -2.06. The zero-order valence-corrected chi connectivity index (χ0v) is 13.1. The van der Waals surface area contributed by atoms with Gasteiger partial charge in [-0.05, 0) is 42.3 Å². The monoisotopic (exact) mass is 291 g/mol. The van der Waals surface area contributed by atoms with Gasteiger partial charge in [-0.2, -0.15) is 0 Å². The van der Waals surface area contributed by atoms with Gasteiger partial charge in [0.15, 0.2) is 0 Å². The number of benzene rings is 2. The minimum atomic E-state index is 0.894. The van der Waals surface area contributed by atoms with Crippen molar-refractivity contribution < 1.29 is 4.74 Å². The average Bonchev–Trinajstić information content (AvgIpc) is 2.90. The smallest absolute Gasteiger partial charge is 0.118 e. The van der Waals surface area contributed by atoms with Crippen molar-refractivity contribution in [1.82, 2.24) is 4.57 Å². The summed E-state index contributed by atoms with van der Waals surface area (Å²) in [7, 11) is 1.70. The van der Waals surface area contributed by atoms with E-state index in [1.54, 1.807) is 7.11 Å². The van der Waals surface area contributed by atoms with Gasteiger partial charge in [0, 0.05) is 24.4 Å². The Morgan fingerprint density at radius 3 is 2.23 bits per heavy atom. The summed E-state index contributed by atoms with van der Waals surface area (Å²) in [6.45, 7) is 3.06. The molecule has 22 heavy (non-hydrogen) atoms. The Bertz CT molecular complexity index is 726. The lowest BCUT2D eigenvalue weighted by atomic mass is 10.1. The van der Waals surface area contributed by atoms with Crippen LogP contribution in [0.4, 0.5) is 0 Å². The Kier molecular flexibility index (Phi) is 4.29. The summed E-state index contributed by atoms with van der Waals surface area (Å²) in [5, 5.41) is 0. The van der Waals surface area contributed by atoms with E-state index in [4.69, 9.17) is 4.74 Å². The van der Waals surface area contributed by atoms with Crippen LogP contribution in [0.3, 0.4) is 0 Å². The predicted octanol–water partition coefficient (Wildman–Crippen LogP) is 4.44. The third kappa shape index (κ3) is 3.22. The molecule has 0 aliphatic rings. The topological polar surface area (TPSA) is 14.2 Å². The summed E-state index contributed by atoms with van der Waals surface area (Å²) in [6, 6.07) is 23.3. The predicted molar refractivity (Wildman–Crippen MR) is 90.5 cm³/mol. The molecule has 1 aromatic heterocycles. The maximum Gasteiger partial charge on any atom is 0.118 e. The Hall–Kier alpha value is -2.48. The highest BCUT2D eigenvalue weighted by molar-refractivity contribution is 5.30. The number of aromatic nitrogens is 1. The first-order valence-electron chi connectivity index (χ1n) is 7.58. The molecule has 2 aromatic carbocycles. The largest absolute Gasteiger partial charge is 0.497 e. The summed E-state index contributed by atoms with van der Waals surface area (Å²) < 4.78 is 7.61. The van der Waals surface area contributed by atoms with Crippen molar-refractivity contribution in [2.24, 2.45) is 0 Å². The van der Waals surface area contributed by atoms with E-state index in [1.807, 2.05) is 12.1 Å². The third-order valence-electron chi connectivity index (χ3n) is 4.02. The van der Waals surface area contributed by atoms with E-state index in [0.29, 0.717) is 0 Å². The fraction of sp³-hybridized carbons (Fsp3) is 0.200. The lowest BCUT2D eigenvalue weighted by Gasteiger charge is -2.12. The molecule has 1 heterocycles. The van der Waals surface area contributed by atoms with Crippen LogP contribution >= 0.6 is 0 Å². The molecule has 0 amide bonds. The minimum Gasteiger partial charge on any atom is -0.497 e. The second-order valence-corrected chi connectivity index (χ2v) is 5.56. The maximum absolute atomic E-state index is 5.22. The highest BCUT2D eigenvalue weighted by atomic mass is 16.5. The van der Waals surface area contributed by atoms with Crippen molar-refractivity contribution in [3.63, 3.8) is 0 Å². The first-order valence-corrected chi connectivity index (χ1v) is 7.58. The SMILES string of the molecule is COc1ccc(Cn2c(C)ccc2Cc2ccccc2)cc1. The lowest BCUT2D eigenvalue weighted by molar-refractivity contribution is 0.414.